The molecule has 0 saturated carbocycles. The highest BCUT2D eigenvalue weighted by atomic mass is 35.5. The number of aryl methyl sites for hydroxylation is 1. The van der Waals surface area contributed by atoms with Gasteiger partial charge in [0.1, 0.15) is 0 Å². The Morgan fingerprint density at radius 2 is 1.64 bits per heavy atom. The molecule has 0 spiro atoms. The van der Waals surface area contributed by atoms with Gasteiger partial charge in [-0.25, -0.2) is 4.98 Å². The fraction of sp³-hybridized carbons (Fsp3) is 0.280. The molecule has 170 valence electrons. The standard InChI is InChI=1S/C25H24ClN3O3S/c1-15(23(31)17-7-11-19(26)12-8-17)33-25-28-21-5-3-4-6-22(21)29(25)24(32)18-9-13-20(14-10-18)27-16(2)30/h7-15H,3-6H2,1-2H3,(H,27,30)/t15-/m0/s1. The third-order valence-corrected chi connectivity index (χ3v) is 6.84. The molecule has 1 atom stereocenters. The quantitative estimate of drug-likeness (QED) is 0.375. The largest absolute Gasteiger partial charge is 0.326 e. The summed E-state index contributed by atoms with van der Waals surface area (Å²) in [5.41, 5.74) is 3.54. The molecule has 1 aliphatic carbocycles. The minimum atomic E-state index is -0.427. The molecule has 0 saturated heterocycles. The van der Waals surface area contributed by atoms with Crippen molar-refractivity contribution < 1.29 is 14.4 Å². The van der Waals surface area contributed by atoms with Crippen molar-refractivity contribution in [2.45, 2.75) is 49.9 Å². The molecule has 0 bridgehead atoms. The van der Waals surface area contributed by atoms with Crippen LogP contribution in [0.25, 0.3) is 0 Å². The van der Waals surface area contributed by atoms with Gasteiger partial charge in [-0.1, -0.05) is 23.4 Å². The van der Waals surface area contributed by atoms with Gasteiger partial charge < -0.3 is 5.32 Å². The van der Waals surface area contributed by atoms with Gasteiger partial charge in [0.05, 0.1) is 10.9 Å². The third-order valence-electron chi connectivity index (χ3n) is 5.54. The van der Waals surface area contributed by atoms with E-state index in [1.807, 2.05) is 6.92 Å². The van der Waals surface area contributed by atoms with Gasteiger partial charge in [-0.15, -0.1) is 0 Å². The van der Waals surface area contributed by atoms with Crippen molar-refractivity contribution in [3.8, 4) is 0 Å². The average Bonchev–Trinajstić information content (AvgIpc) is 3.16. The average molecular weight is 482 g/mol. The van der Waals surface area contributed by atoms with Crippen molar-refractivity contribution in [1.82, 2.24) is 9.55 Å². The van der Waals surface area contributed by atoms with Crippen LogP contribution in [0.2, 0.25) is 5.02 Å². The minimum absolute atomic E-state index is 0.0451. The summed E-state index contributed by atoms with van der Waals surface area (Å²) in [6.07, 6.45) is 3.63. The summed E-state index contributed by atoms with van der Waals surface area (Å²) in [7, 11) is 0. The zero-order chi connectivity index (χ0) is 23.5. The van der Waals surface area contributed by atoms with Gasteiger partial charge in [0.15, 0.2) is 10.9 Å². The molecule has 1 N–H and O–H groups in total. The highest BCUT2D eigenvalue weighted by molar-refractivity contribution is 8.00. The fourth-order valence-corrected chi connectivity index (χ4v) is 5.04. The summed E-state index contributed by atoms with van der Waals surface area (Å²) < 4.78 is 1.66. The van der Waals surface area contributed by atoms with Crippen molar-refractivity contribution in [1.29, 1.82) is 0 Å². The van der Waals surface area contributed by atoms with Crippen LogP contribution in [0.3, 0.4) is 0 Å². The number of imidazole rings is 1. The molecule has 33 heavy (non-hydrogen) atoms. The Balaban J connectivity index is 1.63. The van der Waals surface area contributed by atoms with Gasteiger partial charge in [0, 0.05) is 34.5 Å². The number of amides is 1. The van der Waals surface area contributed by atoms with Crippen LogP contribution in [0.5, 0.6) is 0 Å². The van der Waals surface area contributed by atoms with Gasteiger partial charge >= 0.3 is 0 Å². The number of hydrogen-bond donors (Lipinski definition) is 1. The predicted molar refractivity (Wildman–Crippen MR) is 130 cm³/mol. The van der Waals surface area contributed by atoms with Crippen molar-refractivity contribution in [2.75, 3.05) is 5.32 Å². The second-order valence-corrected chi connectivity index (χ2v) is 9.77. The van der Waals surface area contributed by atoms with Crippen LogP contribution in [0.4, 0.5) is 5.69 Å². The van der Waals surface area contributed by atoms with Gasteiger partial charge in [-0.2, -0.15) is 0 Å². The number of benzene rings is 2. The molecule has 0 fully saturated rings. The molecule has 0 aliphatic heterocycles. The first-order valence-corrected chi connectivity index (χ1v) is 12.1. The number of aromatic nitrogens is 2. The number of ketones is 1. The molecular weight excluding hydrogens is 458 g/mol. The van der Waals surface area contributed by atoms with Gasteiger partial charge in [0.2, 0.25) is 5.91 Å². The number of halogens is 1. The SMILES string of the molecule is CC(=O)Nc1ccc(C(=O)n2c(S[C@@H](C)C(=O)c3ccc(Cl)cc3)nc3c2CCCC3)cc1. The van der Waals surface area contributed by atoms with E-state index in [-0.39, 0.29) is 17.6 Å². The van der Waals surface area contributed by atoms with Crippen LogP contribution in [0, 0.1) is 0 Å². The summed E-state index contributed by atoms with van der Waals surface area (Å²) in [5.74, 6) is -0.402. The third kappa shape index (κ3) is 5.20. The summed E-state index contributed by atoms with van der Waals surface area (Å²) >= 11 is 7.24. The van der Waals surface area contributed by atoms with E-state index in [0.29, 0.717) is 27.0 Å². The van der Waals surface area contributed by atoms with Gasteiger partial charge in [-0.3, -0.25) is 19.0 Å². The molecule has 2 aromatic carbocycles. The lowest BCUT2D eigenvalue weighted by Crippen LogP contribution is -2.20. The number of carbonyl (C=O) groups is 3. The van der Waals surface area contributed by atoms with Crippen LogP contribution in [-0.4, -0.2) is 32.4 Å². The van der Waals surface area contributed by atoms with Crippen LogP contribution in [0.15, 0.2) is 53.7 Å². The topological polar surface area (TPSA) is 81.1 Å². The zero-order valence-electron chi connectivity index (χ0n) is 18.4. The number of Topliss-reactive ketones (excluding diaryl/α,β-unsaturated/α-hetero) is 1. The lowest BCUT2D eigenvalue weighted by molar-refractivity contribution is -0.114. The van der Waals surface area contributed by atoms with Crippen molar-refractivity contribution in [3.05, 3.63) is 76.1 Å². The van der Waals surface area contributed by atoms with Crippen LogP contribution in [0.1, 0.15) is 58.8 Å². The first-order chi connectivity index (χ1) is 15.8. The van der Waals surface area contributed by atoms with E-state index in [4.69, 9.17) is 16.6 Å². The maximum Gasteiger partial charge on any atom is 0.264 e. The summed E-state index contributed by atoms with van der Waals surface area (Å²) in [6.45, 7) is 3.26. The number of rotatable bonds is 6. The van der Waals surface area contributed by atoms with E-state index >= 15 is 0 Å². The second kappa shape index (κ2) is 9.93. The van der Waals surface area contributed by atoms with E-state index in [0.717, 1.165) is 37.1 Å². The molecule has 1 aliphatic rings. The maximum absolute atomic E-state index is 13.5. The van der Waals surface area contributed by atoms with Crippen molar-refractivity contribution in [2.24, 2.45) is 0 Å². The number of thioether (sulfide) groups is 1. The van der Waals surface area contributed by atoms with E-state index in [9.17, 15) is 14.4 Å². The van der Waals surface area contributed by atoms with Gasteiger partial charge in [-0.05, 0) is 81.1 Å². The number of fused-ring (bicyclic) bond motifs is 1. The molecule has 4 rings (SSSR count). The fourth-order valence-electron chi connectivity index (χ4n) is 3.89. The van der Waals surface area contributed by atoms with Crippen LogP contribution >= 0.6 is 23.4 Å². The smallest absolute Gasteiger partial charge is 0.264 e. The van der Waals surface area contributed by atoms with E-state index < -0.39 is 5.25 Å². The molecule has 1 aromatic heterocycles. The molecular formula is C25H24ClN3O3S. The number of carbonyl (C=O) groups excluding carboxylic acids is 3. The van der Waals surface area contributed by atoms with Crippen LogP contribution < -0.4 is 5.32 Å². The number of anilines is 1. The molecule has 3 aromatic rings. The summed E-state index contributed by atoms with van der Waals surface area (Å²) in [5, 5.41) is 3.39. The minimum Gasteiger partial charge on any atom is -0.326 e. The Labute approximate surface area is 201 Å². The molecule has 6 nitrogen and oxygen atoms in total. The molecule has 0 unspecified atom stereocenters. The molecule has 1 amide bonds. The Hall–Kier alpha value is -2.90. The van der Waals surface area contributed by atoms with E-state index in [1.54, 1.807) is 53.1 Å². The maximum atomic E-state index is 13.5. The lowest BCUT2D eigenvalue weighted by Gasteiger charge is -2.15. The summed E-state index contributed by atoms with van der Waals surface area (Å²) in [6, 6.07) is 13.6. The highest BCUT2D eigenvalue weighted by Crippen LogP contribution is 2.32. The first-order valence-electron chi connectivity index (χ1n) is 10.8. The van der Waals surface area contributed by atoms with Crippen LogP contribution in [-0.2, 0) is 17.6 Å². The number of nitrogens with one attached hydrogen (secondary N) is 1. The van der Waals surface area contributed by atoms with E-state index in [1.165, 1.54) is 18.7 Å². The van der Waals surface area contributed by atoms with E-state index in [2.05, 4.69) is 5.32 Å². The zero-order valence-corrected chi connectivity index (χ0v) is 20.0. The lowest BCUT2D eigenvalue weighted by atomic mass is 10.0. The normalized spacial score (nSPS) is 13.8. The molecule has 0 radical (unpaired) electrons. The second-order valence-electron chi connectivity index (χ2n) is 8.03. The first kappa shape index (κ1) is 23.3. The Morgan fingerprint density at radius 3 is 2.30 bits per heavy atom. The molecule has 8 heteroatoms. The summed E-state index contributed by atoms with van der Waals surface area (Å²) in [4.78, 5) is 42.5. The Bertz CT molecular complexity index is 1200. The van der Waals surface area contributed by atoms with Crippen molar-refractivity contribution >= 4 is 46.6 Å². The van der Waals surface area contributed by atoms with Gasteiger partial charge in [0.25, 0.3) is 5.91 Å². The number of nitrogens with zero attached hydrogens (tertiary/aromatic N) is 2. The van der Waals surface area contributed by atoms with Crippen molar-refractivity contribution in [3.63, 3.8) is 0 Å². The predicted octanol–water partition coefficient (Wildman–Crippen LogP) is 5.43. The highest BCUT2D eigenvalue weighted by Gasteiger charge is 2.28. The molecule has 1 heterocycles. The Kier molecular flexibility index (Phi) is 7.00. The number of hydrogen-bond acceptors (Lipinski definition) is 5. The Morgan fingerprint density at radius 1 is 1.00 bits per heavy atom. The monoisotopic (exact) mass is 481 g/mol.